The molecule has 0 saturated carbocycles. The molecule has 1 aromatic heterocycles. The molecule has 0 bridgehead atoms. The molecule has 1 aliphatic rings. The number of benzene rings is 3. The molecule has 2 amide bonds. The lowest BCUT2D eigenvalue weighted by atomic mass is 10.1. The molecule has 2 N–H and O–H groups in total. The fourth-order valence-corrected chi connectivity index (χ4v) is 4.47. The van der Waals surface area contributed by atoms with Gasteiger partial charge in [0.05, 0.1) is 28.0 Å². The number of fused-ring (bicyclic) bond motifs is 2. The third-order valence-corrected chi connectivity index (χ3v) is 6.19. The van der Waals surface area contributed by atoms with Crippen molar-refractivity contribution in [2.24, 2.45) is 0 Å². The minimum absolute atomic E-state index is 0.101. The van der Waals surface area contributed by atoms with E-state index in [1.807, 2.05) is 53.3 Å². The molecule has 1 aliphatic heterocycles. The van der Waals surface area contributed by atoms with E-state index in [4.69, 9.17) is 9.47 Å². The zero-order valence-electron chi connectivity index (χ0n) is 19.1. The number of para-hydroxylation sites is 3. The molecular weight excluding hydrogens is 464 g/mol. The molecule has 35 heavy (non-hydrogen) atoms. The second-order valence-corrected chi connectivity index (χ2v) is 8.87. The predicted octanol–water partition coefficient (Wildman–Crippen LogP) is 4.20. The molecule has 8 nitrogen and oxygen atoms in total. The quantitative estimate of drug-likeness (QED) is 0.386. The Morgan fingerprint density at radius 1 is 1.03 bits per heavy atom. The van der Waals surface area contributed by atoms with Crippen LogP contribution in [0.4, 0.5) is 5.69 Å². The molecule has 3 aromatic carbocycles. The number of nitrogens with zero attached hydrogens (tertiary/aromatic N) is 2. The summed E-state index contributed by atoms with van der Waals surface area (Å²) >= 11 is 1.65. The van der Waals surface area contributed by atoms with E-state index in [9.17, 15) is 9.59 Å². The molecular formula is C26H24N4O4S. The molecule has 0 saturated heterocycles. The first-order chi connectivity index (χ1) is 17.1. The van der Waals surface area contributed by atoms with Crippen molar-refractivity contribution in [3.8, 4) is 11.5 Å². The SMILES string of the molecule is CSCc1nc2ccccc2n1CC(=O)Nc1ccccc1C(=O)NCc1ccc2c(c1)OCO2. The van der Waals surface area contributed by atoms with E-state index < -0.39 is 0 Å². The molecule has 2 heterocycles. The number of hydrogen-bond acceptors (Lipinski definition) is 6. The van der Waals surface area contributed by atoms with E-state index in [1.165, 1.54) is 0 Å². The largest absolute Gasteiger partial charge is 0.454 e. The molecule has 0 atom stereocenters. The van der Waals surface area contributed by atoms with Crippen LogP contribution in [0.5, 0.6) is 11.5 Å². The third-order valence-electron chi connectivity index (χ3n) is 5.64. The Labute approximate surface area is 206 Å². The normalized spacial score (nSPS) is 12.0. The Balaban J connectivity index is 1.29. The van der Waals surface area contributed by atoms with Crippen LogP contribution in [0.2, 0.25) is 0 Å². The first kappa shape index (κ1) is 22.8. The first-order valence-corrected chi connectivity index (χ1v) is 12.5. The lowest BCUT2D eigenvalue weighted by molar-refractivity contribution is -0.116. The van der Waals surface area contributed by atoms with Gasteiger partial charge in [0.2, 0.25) is 12.7 Å². The zero-order chi connectivity index (χ0) is 24.2. The van der Waals surface area contributed by atoms with Crippen LogP contribution in [0.1, 0.15) is 21.7 Å². The van der Waals surface area contributed by atoms with Crippen molar-refractivity contribution in [3.05, 3.63) is 83.7 Å². The van der Waals surface area contributed by atoms with Crippen molar-refractivity contribution in [1.29, 1.82) is 0 Å². The second-order valence-electron chi connectivity index (χ2n) is 8.00. The number of anilines is 1. The highest BCUT2D eigenvalue weighted by atomic mass is 32.2. The Kier molecular flexibility index (Phi) is 6.58. The van der Waals surface area contributed by atoms with Gasteiger partial charge in [-0.15, -0.1) is 0 Å². The van der Waals surface area contributed by atoms with Gasteiger partial charge in [-0.3, -0.25) is 9.59 Å². The van der Waals surface area contributed by atoms with Crippen LogP contribution in [-0.4, -0.2) is 34.4 Å². The fraction of sp³-hybridized carbons (Fsp3) is 0.192. The number of thioether (sulfide) groups is 1. The van der Waals surface area contributed by atoms with Crippen LogP contribution in [-0.2, 0) is 23.6 Å². The number of amides is 2. The molecule has 0 aliphatic carbocycles. The summed E-state index contributed by atoms with van der Waals surface area (Å²) in [6.45, 7) is 0.617. The Hall–Kier alpha value is -3.98. The molecule has 0 radical (unpaired) electrons. The number of aromatic nitrogens is 2. The van der Waals surface area contributed by atoms with Crippen molar-refractivity contribution in [2.75, 3.05) is 18.4 Å². The van der Waals surface area contributed by atoms with Gasteiger partial charge in [-0.1, -0.05) is 30.3 Å². The van der Waals surface area contributed by atoms with Crippen LogP contribution in [0.15, 0.2) is 66.7 Å². The van der Waals surface area contributed by atoms with Gasteiger partial charge in [0, 0.05) is 6.54 Å². The monoisotopic (exact) mass is 488 g/mol. The molecule has 4 aromatic rings. The van der Waals surface area contributed by atoms with Gasteiger partial charge in [-0.05, 0) is 48.2 Å². The average Bonchev–Trinajstić information content (AvgIpc) is 3.47. The van der Waals surface area contributed by atoms with E-state index in [2.05, 4.69) is 15.6 Å². The standard InChI is InChI=1S/C26H24N4O4S/c1-35-15-24-28-20-8-4-5-9-21(20)30(24)14-25(31)29-19-7-3-2-6-18(19)26(32)27-13-17-10-11-22-23(12-17)34-16-33-22/h2-12H,13-16H2,1H3,(H,27,32)(H,29,31). The van der Waals surface area contributed by atoms with Crippen molar-refractivity contribution in [3.63, 3.8) is 0 Å². The van der Waals surface area contributed by atoms with E-state index >= 15 is 0 Å². The van der Waals surface area contributed by atoms with Crippen molar-refractivity contribution < 1.29 is 19.1 Å². The van der Waals surface area contributed by atoms with E-state index in [1.54, 1.807) is 36.0 Å². The summed E-state index contributed by atoms with van der Waals surface area (Å²) in [5, 5.41) is 5.82. The zero-order valence-corrected chi connectivity index (χ0v) is 19.9. The van der Waals surface area contributed by atoms with Gasteiger partial charge < -0.3 is 24.7 Å². The lowest BCUT2D eigenvalue weighted by Gasteiger charge is -2.13. The molecule has 0 spiro atoms. The van der Waals surface area contributed by atoms with Crippen molar-refractivity contribution in [2.45, 2.75) is 18.8 Å². The summed E-state index contributed by atoms with van der Waals surface area (Å²) in [5.74, 6) is 2.38. The number of ether oxygens (including phenoxy) is 2. The molecule has 0 unspecified atom stereocenters. The van der Waals surface area contributed by atoms with Crippen LogP contribution in [0.3, 0.4) is 0 Å². The van der Waals surface area contributed by atoms with Gasteiger partial charge in [-0.2, -0.15) is 11.8 Å². The fourth-order valence-electron chi connectivity index (χ4n) is 3.99. The summed E-state index contributed by atoms with van der Waals surface area (Å²) in [6, 6.07) is 20.3. The summed E-state index contributed by atoms with van der Waals surface area (Å²) in [7, 11) is 0. The Morgan fingerprint density at radius 3 is 2.71 bits per heavy atom. The maximum Gasteiger partial charge on any atom is 0.253 e. The smallest absolute Gasteiger partial charge is 0.253 e. The van der Waals surface area contributed by atoms with Gasteiger partial charge in [0.25, 0.3) is 5.91 Å². The van der Waals surface area contributed by atoms with Gasteiger partial charge in [0.1, 0.15) is 12.4 Å². The third kappa shape index (κ3) is 4.95. The Morgan fingerprint density at radius 2 is 1.83 bits per heavy atom. The summed E-state index contributed by atoms with van der Waals surface area (Å²) in [5.41, 5.74) is 3.49. The molecule has 178 valence electrons. The van der Waals surface area contributed by atoms with Gasteiger partial charge in [0.15, 0.2) is 11.5 Å². The van der Waals surface area contributed by atoms with E-state index in [0.29, 0.717) is 35.0 Å². The van der Waals surface area contributed by atoms with Crippen LogP contribution >= 0.6 is 11.8 Å². The molecule has 9 heteroatoms. The molecule has 0 fully saturated rings. The Bertz CT molecular complexity index is 1400. The van der Waals surface area contributed by atoms with Crippen LogP contribution in [0.25, 0.3) is 11.0 Å². The van der Waals surface area contributed by atoms with E-state index in [-0.39, 0.29) is 25.2 Å². The number of hydrogen-bond donors (Lipinski definition) is 2. The highest BCUT2D eigenvalue weighted by Gasteiger charge is 2.17. The first-order valence-electron chi connectivity index (χ1n) is 11.1. The van der Waals surface area contributed by atoms with Crippen molar-refractivity contribution in [1.82, 2.24) is 14.9 Å². The second kappa shape index (κ2) is 10.1. The minimum atomic E-state index is -0.283. The van der Waals surface area contributed by atoms with Crippen molar-refractivity contribution >= 4 is 40.3 Å². The van der Waals surface area contributed by atoms with Crippen LogP contribution < -0.4 is 20.1 Å². The summed E-state index contributed by atoms with van der Waals surface area (Å²) < 4.78 is 12.6. The number of imidazole rings is 1. The lowest BCUT2D eigenvalue weighted by Crippen LogP contribution is -2.26. The maximum absolute atomic E-state index is 13.0. The van der Waals surface area contributed by atoms with Gasteiger partial charge >= 0.3 is 0 Å². The maximum atomic E-state index is 13.0. The number of nitrogens with one attached hydrogen (secondary N) is 2. The number of rotatable bonds is 8. The molecule has 5 rings (SSSR count). The average molecular weight is 489 g/mol. The summed E-state index contributed by atoms with van der Waals surface area (Å²) in [4.78, 5) is 30.6. The highest BCUT2D eigenvalue weighted by molar-refractivity contribution is 7.97. The number of carbonyl (C=O) groups excluding carboxylic acids is 2. The predicted molar refractivity (Wildman–Crippen MR) is 136 cm³/mol. The highest BCUT2D eigenvalue weighted by Crippen LogP contribution is 2.32. The van der Waals surface area contributed by atoms with Crippen LogP contribution in [0, 0.1) is 0 Å². The minimum Gasteiger partial charge on any atom is -0.454 e. The van der Waals surface area contributed by atoms with E-state index in [0.717, 1.165) is 22.4 Å². The summed E-state index contributed by atoms with van der Waals surface area (Å²) in [6.07, 6.45) is 2.00. The topological polar surface area (TPSA) is 94.5 Å². The van der Waals surface area contributed by atoms with Gasteiger partial charge in [-0.25, -0.2) is 4.98 Å². The number of carbonyl (C=O) groups is 2.